The normalized spacial score (nSPS) is 10.2. The first-order chi connectivity index (χ1) is 21.2. The lowest BCUT2D eigenvalue weighted by molar-refractivity contribution is -0.118. The third-order valence-corrected chi connectivity index (χ3v) is 6.33. The molecule has 0 aliphatic rings. The van der Waals surface area contributed by atoms with Crippen LogP contribution >= 0.6 is 0 Å². The number of hydrogen-bond donors (Lipinski definition) is 1. The van der Waals surface area contributed by atoms with Crippen molar-refractivity contribution in [2.75, 3.05) is 24.2 Å². The summed E-state index contributed by atoms with van der Waals surface area (Å²) < 4.78 is 40.6. The van der Waals surface area contributed by atoms with Gasteiger partial charge in [0.1, 0.15) is 6.54 Å². The first-order valence-corrected chi connectivity index (χ1v) is 16.8. The number of rotatable bonds is 9. The standard InChI is InChI=1S/C27H26F3N3.C4H10.C3H7N.C3H7S/c1-5-6-21-14-25(15-23(16-31)19(21)3)33(17-27(28,29)30)24-10-7-20(8-11-24)22-9-12-26(32-4)18(2)13-22;1-3-4-2;1-2-3-4;1-4(2)3/h7-15H,4-6,17H2,1-3H3;3-4H2,1-2H3;2H,1,3-4H2;1-2H2,3H3/q;;;-1. The molecule has 8 heteroatoms. The second-order valence-corrected chi connectivity index (χ2v) is 11.9. The minimum Gasteiger partial charge on any atom is -0.488 e. The molecule has 0 saturated heterocycles. The van der Waals surface area contributed by atoms with E-state index in [2.05, 4.69) is 49.9 Å². The molecule has 0 atom stereocenters. The summed E-state index contributed by atoms with van der Waals surface area (Å²) >= 11 is 0. The van der Waals surface area contributed by atoms with Crippen molar-refractivity contribution in [3.8, 4) is 17.2 Å². The largest absolute Gasteiger partial charge is 0.488 e. The Labute approximate surface area is 271 Å². The lowest BCUT2D eigenvalue weighted by Crippen LogP contribution is -2.30. The van der Waals surface area contributed by atoms with Crippen molar-refractivity contribution in [1.29, 1.82) is 5.26 Å². The molecule has 0 bridgehead atoms. The molecule has 0 amide bonds. The van der Waals surface area contributed by atoms with Gasteiger partial charge in [0.15, 0.2) is 0 Å². The molecule has 0 fully saturated rings. The average molecular weight is 640 g/mol. The number of nitriles is 1. The molecule has 0 heterocycles. The molecule has 0 saturated carbocycles. The van der Waals surface area contributed by atoms with Crippen molar-refractivity contribution in [1.82, 2.24) is 0 Å². The zero-order valence-corrected chi connectivity index (χ0v) is 28.6. The van der Waals surface area contributed by atoms with E-state index < -0.39 is 12.7 Å². The van der Waals surface area contributed by atoms with E-state index in [1.807, 2.05) is 45.2 Å². The summed E-state index contributed by atoms with van der Waals surface area (Å²) in [4.78, 5) is 5.19. The number of hydrogen-bond acceptors (Lipinski definition) is 5. The lowest BCUT2D eigenvalue weighted by atomic mass is 9.97. The van der Waals surface area contributed by atoms with Crippen molar-refractivity contribution in [2.24, 2.45) is 10.7 Å². The highest BCUT2D eigenvalue weighted by Gasteiger charge is 2.32. The number of aliphatic imine (C=N–C) groups is 1. The molecule has 0 unspecified atom stereocenters. The van der Waals surface area contributed by atoms with Crippen molar-refractivity contribution in [3.05, 3.63) is 89.5 Å². The van der Waals surface area contributed by atoms with E-state index in [1.54, 1.807) is 42.5 Å². The summed E-state index contributed by atoms with van der Waals surface area (Å²) in [6.07, 6.45) is 3.39. The number of halogens is 3. The molecular formula is C37H50F3N4S-. The molecule has 0 aliphatic carbocycles. The molecule has 0 aromatic heterocycles. The van der Waals surface area contributed by atoms with Crippen LogP contribution in [0.4, 0.5) is 30.2 Å². The van der Waals surface area contributed by atoms with Gasteiger partial charge in [-0.2, -0.15) is 18.4 Å². The highest BCUT2D eigenvalue weighted by Crippen LogP contribution is 2.35. The van der Waals surface area contributed by atoms with Crippen LogP contribution in [0.1, 0.15) is 62.3 Å². The fraction of sp³-hybridized carbons (Fsp3) is 0.351. The number of alkyl halides is 3. The van der Waals surface area contributed by atoms with Gasteiger partial charge in [-0.25, -0.2) is 11.7 Å². The molecule has 0 radical (unpaired) electrons. The SMILES string of the molecule is C=CCN.C=Nc1ccc(-c2ccc(N(CC(F)(F)F)c3cc(C#N)c(C)c(CCC)c3)cc2)cc1C.C=[S-](=C)C.CCCC. The Bertz CT molecular complexity index is 1440. The van der Waals surface area contributed by atoms with Gasteiger partial charge in [-0.1, -0.05) is 64.3 Å². The number of benzene rings is 3. The number of aryl methyl sites for hydroxylation is 2. The van der Waals surface area contributed by atoms with Gasteiger partial charge in [0, 0.05) is 17.9 Å². The average Bonchev–Trinajstić information content (AvgIpc) is 3.00. The van der Waals surface area contributed by atoms with E-state index in [0.29, 0.717) is 29.9 Å². The Morgan fingerprint density at radius 1 is 0.933 bits per heavy atom. The highest BCUT2D eigenvalue weighted by atomic mass is 32.2. The number of nitrogens with two attached hydrogens (primary N) is 1. The van der Waals surface area contributed by atoms with E-state index in [9.17, 15) is 18.4 Å². The van der Waals surface area contributed by atoms with Gasteiger partial charge in [0.2, 0.25) is 0 Å². The molecule has 3 aromatic carbocycles. The summed E-state index contributed by atoms with van der Waals surface area (Å²) in [5, 5.41) is 9.54. The van der Waals surface area contributed by atoms with Gasteiger partial charge in [-0.05, 0) is 91.2 Å². The van der Waals surface area contributed by atoms with Gasteiger partial charge in [0.05, 0.1) is 17.3 Å². The Kier molecular flexibility index (Phi) is 20.0. The lowest BCUT2D eigenvalue weighted by Gasteiger charge is -2.27. The second-order valence-electron chi connectivity index (χ2n) is 10.4. The highest BCUT2D eigenvalue weighted by molar-refractivity contribution is 7.90. The van der Waals surface area contributed by atoms with Crippen LogP contribution in [0.2, 0.25) is 0 Å². The van der Waals surface area contributed by atoms with Crippen LogP contribution in [0, 0.1) is 25.2 Å². The molecule has 0 aliphatic heterocycles. The summed E-state index contributed by atoms with van der Waals surface area (Å²) in [6, 6.07) is 18.2. The molecule has 4 nitrogen and oxygen atoms in total. The smallest absolute Gasteiger partial charge is 0.406 e. The van der Waals surface area contributed by atoms with Crippen molar-refractivity contribution < 1.29 is 13.2 Å². The van der Waals surface area contributed by atoms with E-state index in [0.717, 1.165) is 39.9 Å². The maximum Gasteiger partial charge on any atom is 0.406 e. The van der Waals surface area contributed by atoms with E-state index in [-0.39, 0.29) is 10.1 Å². The van der Waals surface area contributed by atoms with Crippen LogP contribution < -0.4 is 10.6 Å². The third kappa shape index (κ3) is 15.7. The number of unbranched alkanes of at least 4 members (excludes halogenated alkanes) is 1. The van der Waals surface area contributed by atoms with Crippen molar-refractivity contribution >= 4 is 45.6 Å². The van der Waals surface area contributed by atoms with Crippen molar-refractivity contribution in [2.45, 2.75) is 66.5 Å². The maximum absolute atomic E-state index is 13.5. The summed E-state index contributed by atoms with van der Waals surface area (Å²) in [6.45, 7) is 16.5. The first-order valence-electron chi connectivity index (χ1n) is 14.8. The Balaban J connectivity index is 0.00000138. The number of nitrogens with zero attached hydrogens (tertiary/aromatic N) is 3. The molecular weight excluding hydrogens is 589 g/mol. The minimum absolute atomic E-state index is 0.139. The van der Waals surface area contributed by atoms with Crippen LogP contribution in [-0.2, 0) is 16.5 Å². The van der Waals surface area contributed by atoms with Crippen LogP contribution in [-0.4, -0.2) is 44.0 Å². The van der Waals surface area contributed by atoms with Crippen LogP contribution in [0.3, 0.4) is 0 Å². The fourth-order valence-electron chi connectivity index (χ4n) is 3.92. The quantitative estimate of drug-likeness (QED) is 0.110. The number of anilines is 2. The predicted molar refractivity (Wildman–Crippen MR) is 196 cm³/mol. The first kappa shape index (κ1) is 41.2. The summed E-state index contributed by atoms with van der Waals surface area (Å²) in [7, 11) is 0.139. The zero-order chi connectivity index (χ0) is 34.6. The third-order valence-electron chi connectivity index (χ3n) is 6.33. The molecule has 2 N–H and O–H groups in total. The molecule has 246 valence electrons. The Hall–Kier alpha value is -3.80. The summed E-state index contributed by atoms with van der Waals surface area (Å²) in [5.41, 5.74) is 11.4. The minimum atomic E-state index is -4.41. The molecule has 45 heavy (non-hydrogen) atoms. The molecule has 3 rings (SSSR count). The van der Waals surface area contributed by atoms with Gasteiger partial charge < -0.3 is 20.7 Å². The van der Waals surface area contributed by atoms with E-state index >= 15 is 0 Å². The fourth-order valence-corrected chi connectivity index (χ4v) is 3.92. The molecule has 3 aromatic rings. The van der Waals surface area contributed by atoms with Gasteiger partial charge in [0.25, 0.3) is 0 Å². The van der Waals surface area contributed by atoms with Crippen molar-refractivity contribution in [3.63, 3.8) is 0 Å². The second kappa shape index (κ2) is 21.8. The Morgan fingerprint density at radius 2 is 1.47 bits per heavy atom. The van der Waals surface area contributed by atoms with Crippen LogP contribution in [0.5, 0.6) is 0 Å². The van der Waals surface area contributed by atoms with Gasteiger partial charge >= 0.3 is 6.18 Å². The van der Waals surface area contributed by atoms with Gasteiger partial charge in [-0.3, -0.25) is 4.99 Å². The van der Waals surface area contributed by atoms with E-state index in [4.69, 9.17) is 5.73 Å². The molecule has 0 spiro atoms. The topological polar surface area (TPSA) is 65.4 Å². The predicted octanol–water partition coefficient (Wildman–Crippen LogP) is 9.86. The maximum atomic E-state index is 13.5. The summed E-state index contributed by atoms with van der Waals surface area (Å²) in [5.74, 6) is 7.11. The van der Waals surface area contributed by atoms with E-state index in [1.165, 1.54) is 17.7 Å². The zero-order valence-electron chi connectivity index (χ0n) is 27.8. The van der Waals surface area contributed by atoms with Crippen LogP contribution in [0.25, 0.3) is 11.1 Å². The van der Waals surface area contributed by atoms with Gasteiger partial charge in [-0.15, -0.1) is 12.8 Å². The van der Waals surface area contributed by atoms with Crippen LogP contribution in [0.15, 0.2) is 72.2 Å². The Morgan fingerprint density at radius 3 is 1.87 bits per heavy atom. The monoisotopic (exact) mass is 639 g/mol.